The van der Waals surface area contributed by atoms with Gasteiger partial charge in [-0.3, -0.25) is 4.79 Å². The Morgan fingerprint density at radius 3 is 2.39 bits per heavy atom. The summed E-state index contributed by atoms with van der Waals surface area (Å²) in [4.78, 5) is 50.3. The van der Waals surface area contributed by atoms with Crippen LogP contribution in [-0.2, 0) is 47.6 Å². The highest BCUT2D eigenvalue weighted by molar-refractivity contribution is 5.93. The first-order valence-electron chi connectivity index (χ1n) is 10.6. The number of hydrogen-bond donors (Lipinski definition) is 0. The van der Waals surface area contributed by atoms with Crippen molar-refractivity contribution < 1.29 is 47.6 Å². The number of ether oxygens (including phenoxy) is 6. The summed E-state index contributed by atoms with van der Waals surface area (Å²) in [6.45, 7) is 10.0. The Bertz CT molecular complexity index is 993. The summed E-state index contributed by atoms with van der Waals surface area (Å²) in [6, 6.07) is 0. The van der Waals surface area contributed by atoms with Crippen LogP contribution in [0.4, 0.5) is 0 Å². The molecule has 4 aliphatic rings. The molecule has 8 atom stereocenters. The van der Waals surface area contributed by atoms with Gasteiger partial charge in [-0.1, -0.05) is 6.58 Å². The van der Waals surface area contributed by atoms with E-state index in [2.05, 4.69) is 6.58 Å². The maximum absolute atomic E-state index is 13.0. The zero-order valence-corrected chi connectivity index (χ0v) is 19.0. The maximum Gasteiger partial charge on any atom is 0.341 e. The number of epoxide rings is 2. The van der Waals surface area contributed by atoms with Gasteiger partial charge in [0, 0.05) is 12.5 Å². The van der Waals surface area contributed by atoms with Crippen LogP contribution >= 0.6 is 0 Å². The van der Waals surface area contributed by atoms with Gasteiger partial charge >= 0.3 is 23.9 Å². The van der Waals surface area contributed by atoms with Gasteiger partial charge in [0.15, 0.2) is 17.8 Å². The van der Waals surface area contributed by atoms with Crippen LogP contribution in [0.5, 0.6) is 0 Å². The minimum Gasteiger partial charge on any atom is -0.466 e. The average Bonchev–Trinajstić information content (AvgIpc) is 3.62. The Kier molecular flexibility index (Phi) is 5.69. The summed E-state index contributed by atoms with van der Waals surface area (Å²) < 4.78 is 32.8. The third-order valence-electron chi connectivity index (χ3n) is 6.47. The maximum atomic E-state index is 13.0. The first-order chi connectivity index (χ1) is 15.5. The smallest absolute Gasteiger partial charge is 0.341 e. The van der Waals surface area contributed by atoms with Crippen molar-refractivity contribution in [3.8, 4) is 0 Å². The molecule has 0 aromatic heterocycles. The zero-order chi connectivity index (χ0) is 24.2. The summed E-state index contributed by atoms with van der Waals surface area (Å²) in [5.41, 5.74) is -0.497. The molecule has 10 heteroatoms. The molecule has 8 unspecified atom stereocenters. The Morgan fingerprint density at radius 2 is 1.82 bits per heavy atom. The van der Waals surface area contributed by atoms with Crippen LogP contribution in [0.15, 0.2) is 35.5 Å². The Labute approximate surface area is 190 Å². The molecule has 0 saturated carbocycles. The highest BCUT2D eigenvalue weighted by Gasteiger charge is 2.60. The SMILES string of the molecule is C=C1C(=O)OC2C=C(C)C3OC3C=C(C(=O)OC)C(OC(C)=O)C(OC(=O)C3(C)OC3C)C12. The van der Waals surface area contributed by atoms with Crippen molar-refractivity contribution in [2.75, 3.05) is 7.11 Å². The molecule has 0 N–H and O–H groups in total. The second-order valence-corrected chi connectivity index (χ2v) is 8.73. The van der Waals surface area contributed by atoms with Crippen molar-refractivity contribution >= 4 is 23.9 Å². The lowest BCUT2D eigenvalue weighted by Crippen LogP contribution is -2.48. The van der Waals surface area contributed by atoms with Gasteiger partial charge in [0.1, 0.15) is 18.3 Å². The quantitative estimate of drug-likeness (QED) is 0.195. The molecule has 0 aromatic rings. The van der Waals surface area contributed by atoms with E-state index in [9.17, 15) is 19.2 Å². The van der Waals surface area contributed by atoms with Gasteiger partial charge in [0.2, 0.25) is 0 Å². The summed E-state index contributed by atoms with van der Waals surface area (Å²) in [5, 5.41) is 0. The molecule has 0 amide bonds. The Morgan fingerprint density at radius 1 is 1.15 bits per heavy atom. The fraction of sp³-hybridized carbons (Fsp3) is 0.565. The number of hydrogen-bond acceptors (Lipinski definition) is 10. The largest absolute Gasteiger partial charge is 0.466 e. The highest BCUT2D eigenvalue weighted by Crippen LogP contribution is 2.43. The Balaban J connectivity index is 1.85. The number of carbonyl (C=O) groups excluding carboxylic acids is 4. The molecule has 3 fully saturated rings. The summed E-state index contributed by atoms with van der Waals surface area (Å²) in [7, 11) is 1.18. The number of fused-ring (bicyclic) bond motifs is 2. The van der Waals surface area contributed by atoms with Gasteiger partial charge in [-0.25, -0.2) is 14.4 Å². The molecule has 0 spiro atoms. The van der Waals surface area contributed by atoms with Crippen molar-refractivity contribution in [3.63, 3.8) is 0 Å². The minimum atomic E-state index is -1.41. The predicted molar refractivity (Wildman–Crippen MR) is 109 cm³/mol. The van der Waals surface area contributed by atoms with Crippen molar-refractivity contribution in [2.24, 2.45) is 5.92 Å². The fourth-order valence-electron chi connectivity index (χ4n) is 4.27. The monoisotopic (exact) mass is 462 g/mol. The van der Waals surface area contributed by atoms with Crippen LogP contribution in [0.1, 0.15) is 27.7 Å². The molecule has 33 heavy (non-hydrogen) atoms. The van der Waals surface area contributed by atoms with E-state index in [0.717, 1.165) is 12.5 Å². The van der Waals surface area contributed by atoms with E-state index < -0.39 is 65.9 Å². The summed E-state index contributed by atoms with van der Waals surface area (Å²) in [5.74, 6) is -3.89. The summed E-state index contributed by atoms with van der Waals surface area (Å²) >= 11 is 0. The highest BCUT2D eigenvalue weighted by atomic mass is 16.7. The second-order valence-electron chi connectivity index (χ2n) is 8.73. The molecule has 3 saturated heterocycles. The van der Waals surface area contributed by atoms with E-state index in [1.807, 2.05) is 0 Å². The van der Waals surface area contributed by atoms with Crippen LogP contribution in [0.3, 0.4) is 0 Å². The lowest BCUT2D eigenvalue weighted by atomic mass is 9.83. The van der Waals surface area contributed by atoms with Gasteiger partial charge < -0.3 is 28.4 Å². The predicted octanol–water partition coefficient (Wildman–Crippen LogP) is 0.932. The minimum absolute atomic E-state index is 0.0203. The molecule has 0 bridgehead atoms. The normalized spacial score (nSPS) is 39.1. The summed E-state index contributed by atoms with van der Waals surface area (Å²) in [6.07, 6.45) is -1.67. The van der Waals surface area contributed by atoms with Crippen LogP contribution in [-0.4, -0.2) is 73.2 Å². The molecule has 1 aliphatic carbocycles. The van der Waals surface area contributed by atoms with Crippen LogP contribution in [0.2, 0.25) is 0 Å². The average molecular weight is 462 g/mol. The Hall–Kier alpha value is -2.98. The van der Waals surface area contributed by atoms with E-state index in [1.165, 1.54) is 13.2 Å². The van der Waals surface area contributed by atoms with Gasteiger partial charge in [-0.15, -0.1) is 0 Å². The van der Waals surface area contributed by atoms with Crippen LogP contribution in [0.25, 0.3) is 0 Å². The van der Waals surface area contributed by atoms with Gasteiger partial charge in [-0.05, 0) is 38.5 Å². The zero-order valence-electron chi connectivity index (χ0n) is 19.0. The third kappa shape index (κ3) is 4.08. The molecule has 10 nitrogen and oxygen atoms in total. The lowest BCUT2D eigenvalue weighted by molar-refractivity contribution is -0.173. The van der Waals surface area contributed by atoms with E-state index in [0.29, 0.717) is 0 Å². The molecular weight excluding hydrogens is 436 g/mol. The van der Waals surface area contributed by atoms with E-state index in [-0.39, 0.29) is 17.3 Å². The van der Waals surface area contributed by atoms with E-state index in [4.69, 9.17) is 28.4 Å². The van der Waals surface area contributed by atoms with Gasteiger partial charge in [-0.2, -0.15) is 0 Å². The number of carbonyl (C=O) groups is 4. The van der Waals surface area contributed by atoms with E-state index >= 15 is 0 Å². The number of esters is 4. The molecular formula is C23H26O10. The number of methoxy groups -OCH3 is 1. The van der Waals surface area contributed by atoms with Crippen molar-refractivity contribution in [3.05, 3.63) is 35.5 Å². The molecule has 0 radical (unpaired) electrons. The first kappa shape index (κ1) is 23.2. The molecule has 3 heterocycles. The second kappa shape index (κ2) is 8.11. The standard InChI is InChI=1S/C23H26O10/c1-9-7-14-16(10(2)20(25)31-14)19(32-22(27)23(5)11(3)33-23)18(29-12(4)24)13(21(26)28-6)8-15-17(9)30-15/h7-8,11,14-19H,2H2,1,3-6H3. The van der Waals surface area contributed by atoms with Gasteiger partial charge in [0.25, 0.3) is 0 Å². The first-order valence-corrected chi connectivity index (χ1v) is 10.6. The molecule has 178 valence electrons. The van der Waals surface area contributed by atoms with Crippen LogP contribution in [0, 0.1) is 5.92 Å². The lowest BCUT2D eigenvalue weighted by Gasteiger charge is -2.33. The molecule has 4 rings (SSSR count). The fourth-order valence-corrected chi connectivity index (χ4v) is 4.27. The molecule has 0 aromatic carbocycles. The van der Waals surface area contributed by atoms with Gasteiger partial charge in [0.05, 0.1) is 24.7 Å². The van der Waals surface area contributed by atoms with Crippen LogP contribution < -0.4 is 0 Å². The third-order valence-corrected chi connectivity index (χ3v) is 6.47. The number of rotatable bonds is 4. The molecule has 3 aliphatic heterocycles. The van der Waals surface area contributed by atoms with E-state index in [1.54, 1.807) is 26.8 Å². The van der Waals surface area contributed by atoms with Crippen molar-refractivity contribution in [2.45, 2.75) is 69.9 Å². The van der Waals surface area contributed by atoms with Crippen molar-refractivity contribution in [1.82, 2.24) is 0 Å². The topological polar surface area (TPSA) is 130 Å². The van der Waals surface area contributed by atoms with Crippen molar-refractivity contribution in [1.29, 1.82) is 0 Å².